The summed E-state index contributed by atoms with van der Waals surface area (Å²) in [6.07, 6.45) is 1.89. The lowest BCUT2D eigenvalue weighted by molar-refractivity contribution is 0.525. The number of hydrogen-bond acceptors (Lipinski definition) is 3. The first-order chi connectivity index (χ1) is 7.81. The van der Waals surface area contributed by atoms with Crippen molar-refractivity contribution in [2.24, 2.45) is 5.73 Å². The average Bonchev–Trinajstić information content (AvgIpc) is 2.73. The van der Waals surface area contributed by atoms with Gasteiger partial charge in [-0.15, -0.1) is 0 Å². The molecule has 1 atom stereocenters. The Morgan fingerprint density at radius 3 is 3.06 bits per heavy atom. The topological polar surface area (TPSA) is 55.9 Å². The smallest absolute Gasteiger partial charge is 0.0958 e. The van der Waals surface area contributed by atoms with E-state index in [9.17, 15) is 0 Å². The van der Waals surface area contributed by atoms with E-state index in [2.05, 4.69) is 27.9 Å². The molecule has 0 aliphatic carbocycles. The third-order valence-electron chi connectivity index (χ3n) is 2.73. The maximum absolute atomic E-state index is 5.54. The van der Waals surface area contributed by atoms with E-state index in [4.69, 9.17) is 5.73 Å². The minimum atomic E-state index is 0.370. The molecule has 1 heterocycles. The molecule has 0 saturated heterocycles. The van der Waals surface area contributed by atoms with Gasteiger partial charge in [-0.05, 0) is 19.1 Å². The summed E-state index contributed by atoms with van der Waals surface area (Å²) >= 11 is 0. The molecule has 1 aromatic heterocycles. The second-order valence-corrected chi connectivity index (χ2v) is 4.02. The molecular weight excluding hydrogens is 200 g/mol. The minimum Gasteiger partial charge on any atom is -0.329 e. The van der Waals surface area contributed by atoms with Crippen molar-refractivity contribution in [3.8, 4) is 0 Å². The maximum Gasteiger partial charge on any atom is 0.0958 e. The van der Waals surface area contributed by atoms with Gasteiger partial charge in [0.2, 0.25) is 0 Å². The van der Waals surface area contributed by atoms with Crippen LogP contribution < -0.4 is 11.1 Å². The molecule has 3 N–H and O–H groups in total. The maximum atomic E-state index is 5.54. The highest BCUT2D eigenvalue weighted by molar-refractivity contribution is 5.74. The molecule has 4 nitrogen and oxygen atoms in total. The van der Waals surface area contributed by atoms with Crippen LogP contribution in [0.2, 0.25) is 0 Å². The van der Waals surface area contributed by atoms with Gasteiger partial charge in [0.15, 0.2) is 0 Å². The average molecular weight is 218 g/mol. The van der Waals surface area contributed by atoms with E-state index in [-0.39, 0.29) is 0 Å². The molecule has 4 heteroatoms. The third kappa shape index (κ3) is 2.40. The Morgan fingerprint density at radius 1 is 1.44 bits per heavy atom. The summed E-state index contributed by atoms with van der Waals surface area (Å²) < 4.78 is 2.16. The van der Waals surface area contributed by atoms with Crippen molar-refractivity contribution < 1.29 is 0 Å². The van der Waals surface area contributed by atoms with E-state index in [0.29, 0.717) is 12.6 Å². The summed E-state index contributed by atoms with van der Waals surface area (Å²) in [5.41, 5.74) is 7.78. The van der Waals surface area contributed by atoms with Gasteiger partial charge in [0, 0.05) is 25.7 Å². The molecule has 2 rings (SSSR count). The summed E-state index contributed by atoms with van der Waals surface area (Å²) in [5, 5.41) is 3.36. The van der Waals surface area contributed by atoms with Crippen molar-refractivity contribution >= 4 is 11.0 Å². The Hall–Kier alpha value is -1.39. The fourth-order valence-corrected chi connectivity index (χ4v) is 1.70. The van der Waals surface area contributed by atoms with E-state index in [0.717, 1.165) is 18.6 Å². The Balaban J connectivity index is 1.99. The molecule has 0 spiro atoms. The van der Waals surface area contributed by atoms with Crippen LogP contribution in [0.15, 0.2) is 30.6 Å². The standard InChI is InChI=1S/C12H18N4/c1-10(8-13)14-6-7-16-9-15-11-4-2-3-5-12(11)16/h2-5,9-10,14H,6-8,13H2,1H3/t10-/m1/s1. The summed E-state index contributed by atoms with van der Waals surface area (Å²) in [6, 6.07) is 8.54. The number of fused-ring (bicyclic) bond motifs is 1. The summed E-state index contributed by atoms with van der Waals surface area (Å²) in [4.78, 5) is 4.35. The number of aromatic nitrogens is 2. The van der Waals surface area contributed by atoms with Crippen molar-refractivity contribution in [1.82, 2.24) is 14.9 Å². The minimum absolute atomic E-state index is 0.370. The van der Waals surface area contributed by atoms with Crippen LogP contribution in [0, 0.1) is 0 Å². The first-order valence-corrected chi connectivity index (χ1v) is 5.64. The second kappa shape index (κ2) is 5.09. The molecule has 0 unspecified atom stereocenters. The molecule has 86 valence electrons. The Morgan fingerprint density at radius 2 is 2.25 bits per heavy atom. The SMILES string of the molecule is C[C@H](CN)NCCn1cnc2ccccc21. The lowest BCUT2D eigenvalue weighted by Gasteiger charge is -2.11. The number of nitrogens with zero attached hydrogens (tertiary/aromatic N) is 2. The second-order valence-electron chi connectivity index (χ2n) is 4.02. The summed E-state index contributed by atoms with van der Waals surface area (Å²) in [6.45, 7) is 4.60. The van der Waals surface area contributed by atoms with Crippen molar-refractivity contribution in [3.05, 3.63) is 30.6 Å². The molecule has 2 aromatic rings. The van der Waals surface area contributed by atoms with E-state index in [1.807, 2.05) is 24.5 Å². The zero-order chi connectivity index (χ0) is 11.4. The normalized spacial score (nSPS) is 13.1. The van der Waals surface area contributed by atoms with E-state index < -0.39 is 0 Å². The number of benzene rings is 1. The number of nitrogens with two attached hydrogens (primary N) is 1. The van der Waals surface area contributed by atoms with Gasteiger partial charge in [-0.1, -0.05) is 12.1 Å². The van der Waals surface area contributed by atoms with Crippen LogP contribution in [0.5, 0.6) is 0 Å². The zero-order valence-corrected chi connectivity index (χ0v) is 9.56. The first kappa shape index (κ1) is 11.1. The summed E-state index contributed by atoms with van der Waals surface area (Å²) in [5.74, 6) is 0. The van der Waals surface area contributed by atoms with Gasteiger partial charge < -0.3 is 15.6 Å². The van der Waals surface area contributed by atoms with Gasteiger partial charge >= 0.3 is 0 Å². The summed E-state index contributed by atoms with van der Waals surface area (Å²) in [7, 11) is 0. The highest BCUT2D eigenvalue weighted by Gasteiger charge is 2.01. The monoisotopic (exact) mass is 218 g/mol. The predicted molar refractivity (Wildman–Crippen MR) is 66.3 cm³/mol. The van der Waals surface area contributed by atoms with Gasteiger partial charge in [0.25, 0.3) is 0 Å². The van der Waals surface area contributed by atoms with Crippen molar-refractivity contribution in [2.45, 2.75) is 19.5 Å². The fourth-order valence-electron chi connectivity index (χ4n) is 1.70. The third-order valence-corrected chi connectivity index (χ3v) is 2.73. The number of nitrogens with one attached hydrogen (secondary N) is 1. The molecule has 0 bridgehead atoms. The molecule has 0 fully saturated rings. The van der Waals surface area contributed by atoms with Crippen LogP contribution in [0.4, 0.5) is 0 Å². The fraction of sp³-hybridized carbons (Fsp3) is 0.417. The van der Waals surface area contributed by atoms with Crippen LogP contribution in [0.1, 0.15) is 6.92 Å². The van der Waals surface area contributed by atoms with Crippen molar-refractivity contribution in [1.29, 1.82) is 0 Å². The first-order valence-electron chi connectivity index (χ1n) is 5.64. The molecule has 0 amide bonds. The van der Waals surface area contributed by atoms with E-state index in [1.54, 1.807) is 0 Å². The lowest BCUT2D eigenvalue weighted by Crippen LogP contribution is -2.35. The lowest BCUT2D eigenvalue weighted by atomic mass is 10.3. The Kier molecular flexibility index (Phi) is 3.54. The quantitative estimate of drug-likeness (QED) is 0.786. The zero-order valence-electron chi connectivity index (χ0n) is 9.56. The van der Waals surface area contributed by atoms with Crippen LogP contribution in [0.3, 0.4) is 0 Å². The number of imidazole rings is 1. The van der Waals surface area contributed by atoms with Crippen molar-refractivity contribution in [3.63, 3.8) is 0 Å². The Labute approximate surface area is 95.5 Å². The van der Waals surface area contributed by atoms with Gasteiger partial charge in [-0.25, -0.2) is 4.98 Å². The number of para-hydroxylation sites is 2. The van der Waals surface area contributed by atoms with Gasteiger partial charge in [0.05, 0.1) is 17.4 Å². The molecule has 0 aliphatic heterocycles. The number of rotatable bonds is 5. The van der Waals surface area contributed by atoms with Crippen LogP contribution in [-0.4, -0.2) is 28.7 Å². The van der Waals surface area contributed by atoms with Crippen LogP contribution in [0.25, 0.3) is 11.0 Å². The largest absolute Gasteiger partial charge is 0.329 e. The predicted octanol–water partition coefficient (Wildman–Crippen LogP) is 0.973. The van der Waals surface area contributed by atoms with Gasteiger partial charge in [0.1, 0.15) is 0 Å². The molecule has 1 aromatic carbocycles. The number of hydrogen-bond donors (Lipinski definition) is 2. The molecule has 0 saturated carbocycles. The molecule has 0 radical (unpaired) electrons. The van der Waals surface area contributed by atoms with Crippen LogP contribution in [-0.2, 0) is 6.54 Å². The van der Waals surface area contributed by atoms with Crippen molar-refractivity contribution in [2.75, 3.05) is 13.1 Å². The van der Waals surface area contributed by atoms with Crippen LogP contribution >= 0.6 is 0 Å². The van der Waals surface area contributed by atoms with E-state index in [1.165, 1.54) is 5.52 Å². The van der Waals surface area contributed by atoms with E-state index >= 15 is 0 Å². The molecule has 0 aliphatic rings. The molecular formula is C12H18N4. The highest BCUT2D eigenvalue weighted by Crippen LogP contribution is 2.10. The molecule has 16 heavy (non-hydrogen) atoms. The van der Waals surface area contributed by atoms with Gasteiger partial charge in [-0.2, -0.15) is 0 Å². The van der Waals surface area contributed by atoms with Gasteiger partial charge in [-0.3, -0.25) is 0 Å². The Bertz CT molecular complexity index is 449. The highest BCUT2D eigenvalue weighted by atomic mass is 15.1.